The van der Waals surface area contributed by atoms with Crippen molar-refractivity contribution in [3.8, 4) is 10.4 Å². The summed E-state index contributed by atoms with van der Waals surface area (Å²) < 4.78 is 0. The lowest BCUT2D eigenvalue weighted by atomic mass is 10.1. The SMILES string of the molecule is CCCNC(C)c1ccc(-c2cccc(Cl)c2C)s1. The number of nitrogens with one attached hydrogen (secondary N) is 1. The standard InChI is InChI=1S/C16H20ClNS/c1-4-10-18-12(3)15-8-9-16(19-15)13-6-5-7-14(17)11(13)2/h5-9,12,18H,4,10H2,1-3H3. The van der Waals surface area contributed by atoms with Gasteiger partial charge in [0.1, 0.15) is 0 Å². The Hall–Kier alpha value is -0.830. The molecule has 1 N–H and O–H groups in total. The highest BCUT2D eigenvalue weighted by Gasteiger charge is 2.11. The van der Waals surface area contributed by atoms with E-state index in [1.165, 1.54) is 15.3 Å². The Morgan fingerprint density at radius 3 is 2.79 bits per heavy atom. The first-order valence-corrected chi connectivity index (χ1v) is 7.91. The number of rotatable bonds is 5. The van der Waals surface area contributed by atoms with Gasteiger partial charge in [0.15, 0.2) is 0 Å². The molecule has 0 saturated heterocycles. The average molecular weight is 294 g/mol. The zero-order chi connectivity index (χ0) is 13.8. The molecule has 19 heavy (non-hydrogen) atoms. The number of thiophene rings is 1. The highest BCUT2D eigenvalue weighted by atomic mass is 35.5. The van der Waals surface area contributed by atoms with Gasteiger partial charge in [-0.15, -0.1) is 11.3 Å². The van der Waals surface area contributed by atoms with E-state index in [2.05, 4.69) is 44.3 Å². The van der Waals surface area contributed by atoms with Crippen molar-refractivity contribution in [3.63, 3.8) is 0 Å². The molecule has 0 amide bonds. The summed E-state index contributed by atoms with van der Waals surface area (Å²) in [6.45, 7) is 7.55. The number of benzene rings is 1. The van der Waals surface area contributed by atoms with Crippen molar-refractivity contribution in [2.24, 2.45) is 0 Å². The van der Waals surface area contributed by atoms with Crippen LogP contribution < -0.4 is 5.32 Å². The maximum atomic E-state index is 6.19. The second kappa shape index (κ2) is 6.56. The van der Waals surface area contributed by atoms with Crippen LogP contribution in [0.15, 0.2) is 30.3 Å². The van der Waals surface area contributed by atoms with E-state index in [0.29, 0.717) is 6.04 Å². The highest BCUT2D eigenvalue weighted by molar-refractivity contribution is 7.15. The van der Waals surface area contributed by atoms with Crippen LogP contribution in [0.5, 0.6) is 0 Å². The molecule has 3 heteroatoms. The molecule has 1 atom stereocenters. The minimum atomic E-state index is 0.415. The smallest absolute Gasteiger partial charge is 0.0441 e. The Morgan fingerprint density at radius 1 is 1.26 bits per heavy atom. The molecule has 0 radical (unpaired) electrons. The van der Waals surface area contributed by atoms with E-state index in [1.807, 2.05) is 23.5 Å². The molecule has 0 fully saturated rings. The minimum Gasteiger partial charge on any atom is -0.309 e. The maximum absolute atomic E-state index is 6.19. The van der Waals surface area contributed by atoms with Gasteiger partial charge < -0.3 is 5.32 Å². The van der Waals surface area contributed by atoms with E-state index in [-0.39, 0.29) is 0 Å². The molecule has 1 heterocycles. The minimum absolute atomic E-state index is 0.415. The van der Waals surface area contributed by atoms with E-state index in [1.54, 1.807) is 0 Å². The van der Waals surface area contributed by atoms with Crippen LogP contribution in [0.2, 0.25) is 5.02 Å². The second-order valence-corrected chi connectivity index (χ2v) is 6.31. The molecule has 102 valence electrons. The zero-order valence-electron chi connectivity index (χ0n) is 11.7. The van der Waals surface area contributed by atoms with Gasteiger partial charge >= 0.3 is 0 Å². The Morgan fingerprint density at radius 2 is 2.05 bits per heavy atom. The van der Waals surface area contributed by atoms with Crippen molar-refractivity contribution in [1.29, 1.82) is 0 Å². The van der Waals surface area contributed by atoms with E-state index in [0.717, 1.165) is 23.6 Å². The van der Waals surface area contributed by atoms with Crippen LogP contribution in [-0.4, -0.2) is 6.54 Å². The van der Waals surface area contributed by atoms with Gasteiger partial charge in [0, 0.05) is 20.8 Å². The highest BCUT2D eigenvalue weighted by Crippen LogP contribution is 2.35. The summed E-state index contributed by atoms with van der Waals surface area (Å²) >= 11 is 8.04. The molecule has 0 aliphatic carbocycles. The molecule has 2 rings (SSSR count). The Labute approximate surface area is 124 Å². The lowest BCUT2D eigenvalue weighted by molar-refractivity contribution is 0.578. The first-order valence-electron chi connectivity index (χ1n) is 6.72. The van der Waals surface area contributed by atoms with Crippen LogP contribution >= 0.6 is 22.9 Å². The lowest BCUT2D eigenvalue weighted by Gasteiger charge is -2.10. The fourth-order valence-electron chi connectivity index (χ4n) is 2.07. The molecule has 0 aliphatic rings. The van der Waals surface area contributed by atoms with Crippen LogP contribution in [-0.2, 0) is 0 Å². The summed E-state index contributed by atoms with van der Waals surface area (Å²) in [7, 11) is 0. The molecule has 1 aromatic carbocycles. The van der Waals surface area contributed by atoms with Crippen molar-refractivity contribution < 1.29 is 0 Å². The predicted octanol–water partition coefficient (Wildman–Crippen LogP) is 5.44. The number of hydrogen-bond donors (Lipinski definition) is 1. The van der Waals surface area contributed by atoms with Gasteiger partial charge in [-0.05, 0) is 56.1 Å². The molecule has 0 aliphatic heterocycles. The summed E-state index contributed by atoms with van der Waals surface area (Å²) in [5.74, 6) is 0. The maximum Gasteiger partial charge on any atom is 0.0441 e. The largest absolute Gasteiger partial charge is 0.309 e. The van der Waals surface area contributed by atoms with E-state index >= 15 is 0 Å². The van der Waals surface area contributed by atoms with Gasteiger partial charge in [-0.1, -0.05) is 30.7 Å². The normalized spacial score (nSPS) is 12.6. The number of hydrogen-bond acceptors (Lipinski definition) is 2. The molecular formula is C16H20ClNS. The Balaban J connectivity index is 2.23. The first kappa shape index (κ1) is 14.6. The zero-order valence-corrected chi connectivity index (χ0v) is 13.2. The summed E-state index contributed by atoms with van der Waals surface area (Å²) in [4.78, 5) is 2.67. The molecule has 0 saturated carbocycles. The van der Waals surface area contributed by atoms with Crippen molar-refractivity contribution in [2.75, 3.05) is 6.54 Å². The third-order valence-corrected chi connectivity index (χ3v) is 5.00. The quantitative estimate of drug-likeness (QED) is 0.774. The van der Waals surface area contributed by atoms with Crippen LogP contribution in [0.25, 0.3) is 10.4 Å². The van der Waals surface area contributed by atoms with Gasteiger partial charge in [-0.2, -0.15) is 0 Å². The summed E-state index contributed by atoms with van der Waals surface area (Å²) in [6.07, 6.45) is 1.16. The third kappa shape index (κ3) is 3.38. The van der Waals surface area contributed by atoms with Gasteiger partial charge in [-0.25, -0.2) is 0 Å². The molecule has 0 bridgehead atoms. The van der Waals surface area contributed by atoms with E-state index < -0.39 is 0 Å². The van der Waals surface area contributed by atoms with Crippen molar-refractivity contribution in [3.05, 3.63) is 45.8 Å². The Kier molecular flexibility index (Phi) is 5.03. The fraction of sp³-hybridized carbons (Fsp3) is 0.375. The van der Waals surface area contributed by atoms with Crippen molar-refractivity contribution in [1.82, 2.24) is 5.32 Å². The van der Waals surface area contributed by atoms with Gasteiger partial charge in [0.25, 0.3) is 0 Å². The van der Waals surface area contributed by atoms with E-state index in [9.17, 15) is 0 Å². The van der Waals surface area contributed by atoms with Crippen LogP contribution in [0, 0.1) is 6.92 Å². The van der Waals surface area contributed by atoms with Crippen LogP contribution in [0.1, 0.15) is 36.8 Å². The van der Waals surface area contributed by atoms with Gasteiger partial charge in [0.2, 0.25) is 0 Å². The van der Waals surface area contributed by atoms with Gasteiger partial charge in [0.05, 0.1) is 0 Å². The molecule has 1 unspecified atom stereocenters. The third-order valence-electron chi connectivity index (χ3n) is 3.29. The summed E-state index contributed by atoms with van der Waals surface area (Å²) in [6, 6.07) is 10.9. The van der Waals surface area contributed by atoms with Crippen molar-refractivity contribution in [2.45, 2.75) is 33.2 Å². The Bertz CT molecular complexity index is 547. The monoisotopic (exact) mass is 293 g/mol. The first-order chi connectivity index (χ1) is 9.13. The molecule has 1 aromatic heterocycles. The summed E-state index contributed by atoms with van der Waals surface area (Å²) in [5, 5.41) is 4.36. The lowest BCUT2D eigenvalue weighted by Crippen LogP contribution is -2.18. The average Bonchev–Trinajstić information content (AvgIpc) is 2.88. The van der Waals surface area contributed by atoms with Crippen LogP contribution in [0.3, 0.4) is 0 Å². The molecule has 0 spiro atoms. The van der Waals surface area contributed by atoms with Crippen LogP contribution in [0.4, 0.5) is 0 Å². The van der Waals surface area contributed by atoms with Crippen molar-refractivity contribution >= 4 is 22.9 Å². The number of halogens is 1. The predicted molar refractivity (Wildman–Crippen MR) is 86.2 cm³/mol. The van der Waals surface area contributed by atoms with E-state index in [4.69, 9.17) is 11.6 Å². The topological polar surface area (TPSA) is 12.0 Å². The second-order valence-electron chi connectivity index (χ2n) is 4.79. The molecule has 1 nitrogen and oxygen atoms in total. The molecule has 2 aromatic rings. The fourth-order valence-corrected chi connectivity index (χ4v) is 3.36. The molecular weight excluding hydrogens is 274 g/mol. The van der Waals surface area contributed by atoms with Gasteiger partial charge in [-0.3, -0.25) is 0 Å². The summed E-state index contributed by atoms with van der Waals surface area (Å²) in [5.41, 5.74) is 2.40.